The number of carbonyl (C=O) groups excluding carboxylic acids is 2. The second kappa shape index (κ2) is 55.0. The maximum absolute atomic E-state index is 15.3. The van der Waals surface area contributed by atoms with Crippen molar-refractivity contribution in [2.75, 3.05) is 139 Å². The number of hydrogen-bond acceptors (Lipinski definition) is 43. The molecule has 5 saturated heterocycles. The van der Waals surface area contributed by atoms with Gasteiger partial charge in [-0.3, -0.25) is 37.5 Å². The van der Waals surface area contributed by atoms with E-state index in [1.165, 1.54) is 6.92 Å². The third-order valence-corrected chi connectivity index (χ3v) is 24.4. The molecular formula is C76H133N15O35P2. The number of nitrogens with zero attached hydrogens (tertiary/aromatic N) is 14. The van der Waals surface area contributed by atoms with E-state index in [4.69, 9.17) is 75.2 Å². The number of nitrogens with one attached hydrogen (secondary N) is 1. The van der Waals surface area contributed by atoms with Crippen LogP contribution in [0.1, 0.15) is 115 Å². The summed E-state index contributed by atoms with van der Waals surface area (Å²) in [7, 11) is -7.97. The van der Waals surface area contributed by atoms with Crippen molar-refractivity contribution in [2.45, 2.75) is 267 Å². The van der Waals surface area contributed by atoms with Crippen molar-refractivity contribution in [3.05, 3.63) is 47.6 Å². The van der Waals surface area contributed by atoms with E-state index in [1.54, 1.807) is 64.3 Å². The second-order valence-electron chi connectivity index (χ2n) is 32.2. The highest BCUT2D eigenvalue weighted by atomic mass is 31.2. The van der Waals surface area contributed by atoms with Gasteiger partial charge in [-0.05, 0) is 32.2 Å². The lowest BCUT2D eigenvalue weighted by molar-refractivity contribution is -0.284. The van der Waals surface area contributed by atoms with Crippen LogP contribution in [0.2, 0.25) is 0 Å². The maximum Gasteiger partial charge on any atom is 0.472 e. The molecule has 2 unspecified atom stereocenters. The van der Waals surface area contributed by atoms with Crippen LogP contribution in [0.5, 0.6) is 0 Å². The Kier molecular flexibility index (Phi) is 45.8. The summed E-state index contributed by atoms with van der Waals surface area (Å²) >= 11 is 0. The van der Waals surface area contributed by atoms with Gasteiger partial charge >= 0.3 is 15.6 Å². The number of Topliss-reactive ketones (excluding diaryl/α,β-unsaturated/α-hetero) is 1. The topological polar surface area (TPSA) is 650 Å². The summed E-state index contributed by atoms with van der Waals surface area (Å²) in [6.45, 7) is 7.30. The number of unbranched alkanes of at least 4 members (excludes halogenated alkanes) is 5. The van der Waals surface area contributed by atoms with Gasteiger partial charge in [-0.1, -0.05) is 67.3 Å². The minimum Gasteiger partial charge on any atom is -0.394 e. The predicted octanol–water partition coefficient (Wildman–Crippen LogP) is -4.44. The highest BCUT2D eigenvalue weighted by Gasteiger charge is 2.48. The summed E-state index contributed by atoms with van der Waals surface area (Å²) in [6, 6.07) is -1.91. The van der Waals surface area contributed by atoms with Gasteiger partial charge in [0.2, 0.25) is 5.91 Å². The van der Waals surface area contributed by atoms with Crippen molar-refractivity contribution < 1.29 is 169 Å². The highest BCUT2D eigenvalue weighted by molar-refractivity contribution is 7.47. The smallest absolute Gasteiger partial charge is 0.394 e. The molecule has 9 heterocycles. The van der Waals surface area contributed by atoms with Crippen molar-refractivity contribution in [1.82, 2.24) is 75.1 Å². The molecule has 5 aliphatic rings. The molecule has 4 aromatic heterocycles. The lowest BCUT2D eigenvalue weighted by Crippen LogP contribution is -2.64. The largest absolute Gasteiger partial charge is 0.472 e. The first kappa shape index (κ1) is 107. The summed E-state index contributed by atoms with van der Waals surface area (Å²) in [5.74, 6) is -2.35. The van der Waals surface area contributed by atoms with Crippen LogP contribution >= 0.6 is 15.6 Å². The molecule has 52 heteroatoms. The number of hydrogen-bond donors (Lipinski definition) is 15. The first-order valence-corrected chi connectivity index (χ1v) is 46.4. The van der Waals surface area contributed by atoms with E-state index in [2.05, 4.69) is 56.0 Å². The Balaban J connectivity index is 0.876. The summed E-state index contributed by atoms with van der Waals surface area (Å²) in [5, 5.41) is 161. The minimum absolute atomic E-state index is 0.0182. The van der Waals surface area contributed by atoms with E-state index >= 15 is 4.79 Å². The molecule has 128 heavy (non-hydrogen) atoms. The van der Waals surface area contributed by atoms with Crippen LogP contribution in [0, 0.1) is 17.8 Å². The number of carbonyl (C=O) groups is 2. The van der Waals surface area contributed by atoms with Gasteiger partial charge in [-0.15, -0.1) is 20.4 Å². The molecule has 0 aliphatic carbocycles. The fourth-order valence-corrected chi connectivity index (χ4v) is 16.5. The van der Waals surface area contributed by atoms with Gasteiger partial charge in [0.1, 0.15) is 79.0 Å². The number of rotatable bonds is 63. The molecule has 15 N–H and O–H groups in total. The molecule has 5 aliphatic heterocycles. The average molecular weight is 1880 g/mol. The van der Waals surface area contributed by atoms with Crippen molar-refractivity contribution in [3.63, 3.8) is 0 Å². The zero-order valence-corrected chi connectivity index (χ0v) is 74.7. The van der Waals surface area contributed by atoms with Crippen LogP contribution in [-0.4, -0.2) is 414 Å². The van der Waals surface area contributed by atoms with Gasteiger partial charge in [0, 0.05) is 102 Å². The predicted molar refractivity (Wildman–Crippen MR) is 435 cm³/mol. The van der Waals surface area contributed by atoms with E-state index < -0.39 is 195 Å². The Labute approximate surface area is 740 Å². The van der Waals surface area contributed by atoms with Crippen molar-refractivity contribution in [2.24, 2.45) is 17.8 Å². The van der Waals surface area contributed by atoms with E-state index in [0.29, 0.717) is 107 Å². The highest BCUT2D eigenvalue weighted by Crippen LogP contribution is 2.48. The van der Waals surface area contributed by atoms with Crippen molar-refractivity contribution >= 4 is 27.3 Å². The van der Waals surface area contributed by atoms with Crippen molar-refractivity contribution in [3.8, 4) is 0 Å². The number of phosphoric ester groups is 2. The lowest BCUT2D eigenvalue weighted by Gasteiger charge is -2.42. The van der Waals surface area contributed by atoms with Crippen LogP contribution in [0.15, 0.2) is 24.8 Å². The Bertz CT molecular complexity index is 3800. The molecule has 1 amide bonds. The summed E-state index contributed by atoms with van der Waals surface area (Å²) in [5.41, 5.74) is 2.21. The molecule has 9 rings (SSSR count). The molecule has 0 aromatic carbocycles. The molecule has 0 bridgehead atoms. The first-order chi connectivity index (χ1) is 61.5. The van der Waals surface area contributed by atoms with E-state index in [9.17, 15) is 85.0 Å². The number of aliphatic hydroxyl groups is 12. The molecular weight excluding hydrogens is 1740 g/mol. The van der Waals surface area contributed by atoms with E-state index in [1.807, 2.05) is 4.90 Å². The van der Waals surface area contributed by atoms with E-state index in [0.717, 1.165) is 7.11 Å². The fraction of sp³-hybridized carbons (Fsp3) is 0.868. The molecule has 50 nitrogen and oxygen atoms in total. The molecule has 5 fully saturated rings. The Morgan fingerprint density at radius 1 is 0.477 bits per heavy atom. The first-order valence-electron chi connectivity index (χ1n) is 43.4. The zero-order chi connectivity index (χ0) is 92.3. The van der Waals surface area contributed by atoms with Crippen LogP contribution in [0.25, 0.3) is 0 Å². The molecule has 0 radical (unpaired) electrons. The van der Waals surface area contributed by atoms with Crippen LogP contribution in [-0.2, 0) is 151 Å². The summed E-state index contributed by atoms with van der Waals surface area (Å²) < 4.78 is 126. The number of ether oxygens (including phenoxy) is 13. The molecule has 0 saturated carbocycles. The van der Waals surface area contributed by atoms with Gasteiger partial charge in [-0.25, -0.2) is 27.9 Å². The number of aromatic nitrogens is 12. The third-order valence-electron chi connectivity index (χ3n) is 22.4. The fourth-order valence-electron chi connectivity index (χ4n) is 15.0. The van der Waals surface area contributed by atoms with Crippen LogP contribution < -0.4 is 5.32 Å². The van der Waals surface area contributed by atoms with Crippen LogP contribution in [0.3, 0.4) is 0 Å². The number of aliphatic hydroxyl groups excluding tert-OH is 12. The third kappa shape index (κ3) is 34.0. The maximum atomic E-state index is 15.3. The Morgan fingerprint density at radius 2 is 0.867 bits per heavy atom. The van der Waals surface area contributed by atoms with E-state index in [-0.39, 0.29) is 137 Å². The average Bonchev–Trinajstić information content (AvgIpc) is 1.00. The lowest BCUT2D eigenvalue weighted by atomic mass is 9.92. The second-order valence-corrected chi connectivity index (χ2v) is 35.1. The van der Waals surface area contributed by atoms with Gasteiger partial charge in [0.05, 0.1) is 192 Å². The number of ketones is 1. The summed E-state index contributed by atoms with van der Waals surface area (Å²) in [4.78, 5) is 51.8. The minimum atomic E-state index is -4.59. The Hall–Kier alpha value is -5.16. The standard InChI is InChI=1S/C76H133N15O35P2/c1-48-65(98)68(101)59(43-92)122-73(48)116-31-27-111-23-17-88-39-52(78-82-88)35-86(36-53-40-89(83-79-53)18-24-112-28-32-117-74-49(2)66(99)69(102)60(44-93)123-74)16-11-10-13-56(57(97)14-9-7-6-8-12-21-120-128(108,109)121-47-63-58(15-22-115-63)126-127(106,107)110-5)87(37-54-41-90(84-80-54)19-25-113-29-33-118-75-50(3)67(100)70(103)61(45-94)124-75)38-55-42-91(85-81-55)20-26-114-30-34-119-76-64(77-51(4)96)72(105)71(104)62(46-95)125-76/h39-42,48-50,56,58-76,92-95,98-105H,6-38,43-47H2,1-5H3,(H,77,96)(H,106,107)(H,108,109)/t48-,49-,50-,56+,58-,59-,60-,61-,62-,63-,64-,65-,66-,67-,68+,69+,70+,71+,72-,73-,74-,75-,76-/m1/s1. The van der Waals surface area contributed by atoms with Gasteiger partial charge < -0.3 is 138 Å². The SMILES string of the molecule is COP(=O)(O)O[C@@H]1CCO[C@@H]1COP(=O)(O)OCCCCCCCC(=O)[C@H](CCCCN(Cc1cn(CCOCCO[C@@H]2O[C@H](CO)[C@H](O)[C@H](O)[C@H]2C)nn1)Cc1cn(CCOCCO[C@@H]2O[C@H](CO)[C@H](O)[C@H](O)[C@H]2C)nn1)N(Cc1cn(CCOCCO[C@@H]2O[C@H](CO)[C@H](O)[C@H](O)[C@H]2C)nn1)Cc1cn(CCOCCO[C@@H]2O[C@H](CO)[C@H](O)[C@H](O)[C@H]2NC(C)=O)nn1. The van der Waals surface area contributed by atoms with Crippen molar-refractivity contribution in [1.29, 1.82) is 0 Å². The van der Waals surface area contributed by atoms with Gasteiger partial charge in [-0.2, -0.15) is 0 Å². The summed E-state index contributed by atoms with van der Waals surface area (Å²) in [6.07, 6.45) is -8.92. The molecule has 4 aromatic rings. The van der Waals surface area contributed by atoms with Gasteiger partial charge in [0.15, 0.2) is 25.2 Å². The zero-order valence-electron chi connectivity index (χ0n) is 72.9. The van der Waals surface area contributed by atoms with Gasteiger partial charge in [0.25, 0.3) is 0 Å². The quantitative estimate of drug-likeness (QED) is 0.0146. The molecule has 25 atom stereocenters. The number of amides is 1. The number of phosphoric acid groups is 2. The molecule has 0 spiro atoms. The Morgan fingerprint density at radius 3 is 1.28 bits per heavy atom. The monoisotopic (exact) mass is 1880 g/mol. The normalized spacial score (nSPS) is 29.4. The van der Waals surface area contributed by atoms with Crippen LogP contribution in [0.4, 0.5) is 0 Å². The molecule has 732 valence electrons.